The highest BCUT2D eigenvalue weighted by Gasteiger charge is 2.39. The van der Waals surface area contributed by atoms with E-state index < -0.39 is 18.8 Å². The molecule has 0 bridgehead atoms. The number of aromatic amines is 1. The number of halogens is 4. The molecular weight excluding hydrogens is 424 g/mol. The molecule has 5 nitrogen and oxygen atoms in total. The normalized spacial score (nSPS) is 16.9. The first-order chi connectivity index (χ1) is 15.5. The molecule has 0 saturated carbocycles. The number of hydrogen-bond acceptors (Lipinski definition) is 4. The van der Waals surface area contributed by atoms with Gasteiger partial charge in [0.15, 0.2) is 0 Å². The van der Waals surface area contributed by atoms with Gasteiger partial charge in [0.05, 0.1) is 25.0 Å². The van der Waals surface area contributed by atoms with Crippen molar-refractivity contribution in [2.45, 2.75) is 25.1 Å². The Morgan fingerprint density at radius 2 is 2.03 bits per heavy atom. The number of para-hydroxylation sites is 1. The number of rotatable bonds is 9. The number of benzene rings is 1. The van der Waals surface area contributed by atoms with Crippen LogP contribution in [-0.4, -0.2) is 60.5 Å². The second-order valence-electron chi connectivity index (χ2n) is 7.86. The fourth-order valence-electron chi connectivity index (χ4n) is 4.25. The first-order valence-electron chi connectivity index (χ1n) is 10.7. The predicted molar refractivity (Wildman–Crippen MR) is 115 cm³/mol. The van der Waals surface area contributed by atoms with Crippen LogP contribution in [0.5, 0.6) is 5.75 Å². The van der Waals surface area contributed by atoms with Crippen LogP contribution in [0.2, 0.25) is 0 Å². The van der Waals surface area contributed by atoms with Gasteiger partial charge in [-0.1, -0.05) is 18.2 Å². The zero-order valence-electron chi connectivity index (χ0n) is 17.6. The Kier molecular flexibility index (Phi) is 6.95. The molecule has 0 saturated heterocycles. The van der Waals surface area contributed by atoms with Gasteiger partial charge in [0.1, 0.15) is 12.4 Å². The van der Waals surface area contributed by atoms with Crippen molar-refractivity contribution in [1.82, 2.24) is 20.2 Å². The molecule has 0 amide bonds. The number of H-pyrrole nitrogens is 1. The molecule has 3 aromatic rings. The third-order valence-corrected chi connectivity index (χ3v) is 5.58. The number of nitrogens with zero attached hydrogens (tertiary/aromatic N) is 2. The molecule has 0 spiro atoms. The lowest BCUT2D eigenvalue weighted by atomic mass is 9.95. The first-order valence-corrected chi connectivity index (χ1v) is 10.7. The van der Waals surface area contributed by atoms with Gasteiger partial charge < -0.3 is 15.0 Å². The molecule has 9 heteroatoms. The topological polar surface area (TPSA) is 53.2 Å². The van der Waals surface area contributed by atoms with Crippen LogP contribution >= 0.6 is 0 Å². The average Bonchev–Trinajstić information content (AvgIpc) is 3.13. The molecule has 1 aliphatic heterocycles. The third kappa shape index (κ3) is 5.21. The summed E-state index contributed by atoms with van der Waals surface area (Å²) in [7, 11) is 0. The lowest BCUT2D eigenvalue weighted by molar-refractivity contribution is -0.150. The van der Waals surface area contributed by atoms with Crippen LogP contribution in [0.1, 0.15) is 29.4 Å². The van der Waals surface area contributed by atoms with Gasteiger partial charge in [0.2, 0.25) is 0 Å². The number of fused-ring (bicyclic) bond motifs is 3. The van der Waals surface area contributed by atoms with Crippen LogP contribution in [0.4, 0.5) is 17.6 Å². The van der Waals surface area contributed by atoms with Gasteiger partial charge >= 0.3 is 6.18 Å². The van der Waals surface area contributed by atoms with Crippen LogP contribution in [0, 0.1) is 0 Å². The Hall–Kier alpha value is -2.65. The monoisotopic (exact) mass is 450 g/mol. The van der Waals surface area contributed by atoms with E-state index in [1.54, 1.807) is 18.3 Å². The molecule has 32 heavy (non-hydrogen) atoms. The number of pyridine rings is 1. The van der Waals surface area contributed by atoms with E-state index in [1.165, 1.54) is 4.90 Å². The number of hydrogen-bond donors (Lipinski definition) is 2. The smallest absolute Gasteiger partial charge is 0.401 e. The van der Waals surface area contributed by atoms with Gasteiger partial charge in [-0.3, -0.25) is 14.3 Å². The second-order valence-corrected chi connectivity index (χ2v) is 7.86. The Morgan fingerprint density at radius 1 is 1.19 bits per heavy atom. The van der Waals surface area contributed by atoms with Crippen molar-refractivity contribution in [3.63, 3.8) is 0 Å². The summed E-state index contributed by atoms with van der Waals surface area (Å²) in [4.78, 5) is 9.18. The van der Waals surface area contributed by atoms with Gasteiger partial charge in [-0.15, -0.1) is 0 Å². The van der Waals surface area contributed by atoms with E-state index in [4.69, 9.17) is 4.74 Å². The summed E-state index contributed by atoms with van der Waals surface area (Å²) in [5.41, 5.74) is 3.20. The van der Waals surface area contributed by atoms with Crippen LogP contribution in [0.3, 0.4) is 0 Å². The fourth-order valence-corrected chi connectivity index (χ4v) is 4.25. The van der Waals surface area contributed by atoms with Crippen LogP contribution in [0.15, 0.2) is 42.6 Å². The minimum Gasteiger partial charge on any atom is -0.492 e. The highest BCUT2D eigenvalue weighted by molar-refractivity contribution is 5.85. The zero-order valence-corrected chi connectivity index (χ0v) is 17.6. The maximum absolute atomic E-state index is 13.4. The Bertz CT molecular complexity index is 1040. The predicted octanol–water partition coefficient (Wildman–Crippen LogP) is 4.40. The van der Waals surface area contributed by atoms with Crippen LogP contribution in [-0.2, 0) is 6.42 Å². The molecule has 172 valence electrons. The molecule has 2 aromatic heterocycles. The Morgan fingerprint density at radius 3 is 2.84 bits per heavy atom. The van der Waals surface area contributed by atoms with Crippen molar-refractivity contribution in [2.75, 3.05) is 39.5 Å². The Balaban J connectivity index is 1.60. The van der Waals surface area contributed by atoms with Crippen molar-refractivity contribution in [2.24, 2.45) is 0 Å². The summed E-state index contributed by atoms with van der Waals surface area (Å²) < 4.78 is 58.0. The first kappa shape index (κ1) is 22.5. The van der Waals surface area contributed by atoms with Crippen molar-refractivity contribution in [3.8, 4) is 5.75 Å². The number of alkyl halides is 4. The molecule has 0 fully saturated rings. The summed E-state index contributed by atoms with van der Waals surface area (Å²) >= 11 is 0. The summed E-state index contributed by atoms with van der Waals surface area (Å²) in [6, 6.07) is 10.5. The number of aromatic nitrogens is 2. The summed E-state index contributed by atoms with van der Waals surface area (Å²) in [5, 5.41) is 4.11. The van der Waals surface area contributed by atoms with Gasteiger partial charge in [0.25, 0.3) is 0 Å². The minimum absolute atomic E-state index is 0.282. The van der Waals surface area contributed by atoms with Gasteiger partial charge in [0, 0.05) is 41.9 Å². The highest BCUT2D eigenvalue weighted by Crippen LogP contribution is 2.39. The van der Waals surface area contributed by atoms with E-state index >= 15 is 0 Å². The van der Waals surface area contributed by atoms with E-state index in [1.807, 2.05) is 24.3 Å². The third-order valence-electron chi connectivity index (χ3n) is 5.58. The summed E-state index contributed by atoms with van der Waals surface area (Å²) in [6.07, 6.45) is -1.78. The molecule has 3 heterocycles. The lowest BCUT2D eigenvalue weighted by Crippen LogP contribution is -2.42. The van der Waals surface area contributed by atoms with E-state index in [0.29, 0.717) is 44.0 Å². The van der Waals surface area contributed by atoms with E-state index in [2.05, 4.69) is 15.3 Å². The van der Waals surface area contributed by atoms with Crippen molar-refractivity contribution in [1.29, 1.82) is 0 Å². The number of nitrogens with one attached hydrogen (secondary N) is 2. The molecule has 0 radical (unpaired) electrons. The summed E-state index contributed by atoms with van der Waals surface area (Å²) in [6.45, 7) is 0.381. The molecule has 4 rings (SSSR count). The average molecular weight is 450 g/mol. The zero-order chi connectivity index (χ0) is 22.6. The molecule has 2 N–H and O–H groups in total. The molecule has 0 aliphatic carbocycles. The van der Waals surface area contributed by atoms with E-state index in [-0.39, 0.29) is 13.2 Å². The molecule has 1 atom stereocenters. The van der Waals surface area contributed by atoms with E-state index in [0.717, 1.165) is 22.2 Å². The highest BCUT2D eigenvalue weighted by atomic mass is 19.4. The van der Waals surface area contributed by atoms with Crippen molar-refractivity contribution >= 4 is 10.9 Å². The maximum Gasteiger partial charge on any atom is 0.401 e. The lowest BCUT2D eigenvalue weighted by Gasteiger charge is -2.35. The molecule has 1 aromatic carbocycles. The SMILES string of the molecule is FCCCNCCOc1ccnc(C2c3[nH]c4ccccc4c3CCN2CC(F)(F)F)c1. The largest absolute Gasteiger partial charge is 0.492 e. The van der Waals surface area contributed by atoms with Crippen molar-refractivity contribution in [3.05, 3.63) is 59.5 Å². The van der Waals surface area contributed by atoms with Gasteiger partial charge in [-0.05, 0) is 37.1 Å². The van der Waals surface area contributed by atoms with Crippen LogP contribution in [0.25, 0.3) is 10.9 Å². The van der Waals surface area contributed by atoms with Gasteiger partial charge in [-0.25, -0.2) is 0 Å². The Labute approximate surface area is 183 Å². The molecule has 1 unspecified atom stereocenters. The maximum atomic E-state index is 13.4. The molecule has 1 aliphatic rings. The van der Waals surface area contributed by atoms with Crippen LogP contribution < -0.4 is 10.1 Å². The standard InChI is InChI=1S/C23H26F4N4O/c24-8-3-9-28-11-13-32-16-6-10-29-20(14-16)22-21-18(7-12-31(22)15-23(25,26)27)17-4-1-2-5-19(17)30-21/h1-2,4-6,10,14,22,28,30H,3,7-9,11-13,15H2. The van der Waals surface area contributed by atoms with E-state index in [9.17, 15) is 17.6 Å². The quantitative estimate of drug-likeness (QED) is 0.375. The van der Waals surface area contributed by atoms with Crippen molar-refractivity contribution < 1.29 is 22.3 Å². The fraction of sp³-hybridized carbons (Fsp3) is 0.435. The van der Waals surface area contributed by atoms with Gasteiger partial charge in [-0.2, -0.15) is 13.2 Å². The number of ether oxygens (including phenoxy) is 1. The minimum atomic E-state index is -4.32. The summed E-state index contributed by atoms with van der Waals surface area (Å²) in [5.74, 6) is 0.539. The molecular formula is C23H26F4N4O. The second kappa shape index (κ2) is 9.87.